The number of halogens is 1. The third kappa shape index (κ3) is 3.67. The first-order valence-electron chi connectivity index (χ1n) is 6.44. The molecule has 0 fully saturated rings. The maximum atomic E-state index is 11.7. The summed E-state index contributed by atoms with van der Waals surface area (Å²) < 4.78 is 4.73. The van der Waals surface area contributed by atoms with Gasteiger partial charge in [-0.05, 0) is 35.9 Å². The van der Waals surface area contributed by atoms with E-state index in [1.54, 1.807) is 12.1 Å². The molecule has 4 nitrogen and oxygen atoms in total. The lowest BCUT2D eigenvalue weighted by Crippen LogP contribution is -2.17. The Morgan fingerprint density at radius 1 is 1.24 bits per heavy atom. The lowest BCUT2D eigenvalue weighted by atomic mass is 10.1. The molecule has 0 radical (unpaired) electrons. The number of esters is 1. The average Bonchev–Trinajstić information content (AvgIpc) is 2.49. The summed E-state index contributed by atoms with van der Waals surface area (Å²) in [4.78, 5) is 13.7. The van der Waals surface area contributed by atoms with E-state index >= 15 is 0 Å². The predicted molar refractivity (Wildman–Crippen MR) is 85.8 cm³/mol. The summed E-state index contributed by atoms with van der Waals surface area (Å²) in [5.74, 6) is -0.436. The SMILES string of the molecule is COC(=O)c1cc(N(C)Cc2ccc(Cl)cc2)ccc1N. The lowest BCUT2D eigenvalue weighted by Gasteiger charge is -2.20. The molecule has 0 aromatic heterocycles. The number of nitrogens with zero attached hydrogens (tertiary/aromatic N) is 1. The van der Waals surface area contributed by atoms with E-state index in [0.717, 1.165) is 11.3 Å². The molecule has 0 bridgehead atoms. The van der Waals surface area contributed by atoms with E-state index in [0.29, 0.717) is 22.8 Å². The first-order valence-corrected chi connectivity index (χ1v) is 6.82. The van der Waals surface area contributed by atoms with Crippen LogP contribution in [0, 0.1) is 0 Å². The Hall–Kier alpha value is -2.20. The Morgan fingerprint density at radius 2 is 1.90 bits per heavy atom. The number of rotatable bonds is 4. The number of nitrogen functional groups attached to an aromatic ring is 1. The van der Waals surface area contributed by atoms with Gasteiger partial charge in [-0.3, -0.25) is 0 Å². The summed E-state index contributed by atoms with van der Waals surface area (Å²) in [6, 6.07) is 13.0. The number of anilines is 2. The van der Waals surface area contributed by atoms with Crippen molar-refractivity contribution in [1.29, 1.82) is 0 Å². The standard InChI is InChI=1S/C16H17ClN2O2/c1-19(10-11-3-5-12(17)6-4-11)13-7-8-15(18)14(9-13)16(20)21-2/h3-9H,10,18H2,1-2H3. The monoisotopic (exact) mass is 304 g/mol. The number of benzene rings is 2. The van der Waals surface area contributed by atoms with Gasteiger partial charge in [0.05, 0.1) is 12.7 Å². The van der Waals surface area contributed by atoms with E-state index in [-0.39, 0.29) is 0 Å². The van der Waals surface area contributed by atoms with Gasteiger partial charge in [0.1, 0.15) is 0 Å². The number of hydrogen-bond acceptors (Lipinski definition) is 4. The number of ether oxygens (including phenoxy) is 1. The predicted octanol–water partition coefficient (Wildman–Crippen LogP) is 3.35. The molecule has 2 rings (SSSR count). The summed E-state index contributed by atoms with van der Waals surface area (Å²) >= 11 is 5.88. The number of carbonyl (C=O) groups excluding carboxylic acids is 1. The van der Waals surface area contributed by atoms with Gasteiger partial charge in [-0.15, -0.1) is 0 Å². The molecule has 0 aliphatic heterocycles. The minimum Gasteiger partial charge on any atom is -0.465 e. The summed E-state index contributed by atoms with van der Waals surface area (Å²) in [5, 5.41) is 0.710. The van der Waals surface area contributed by atoms with Gasteiger partial charge >= 0.3 is 5.97 Å². The molecule has 0 saturated carbocycles. The minimum absolute atomic E-state index is 0.373. The van der Waals surface area contributed by atoms with Crippen molar-refractivity contribution >= 4 is 28.9 Å². The van der Waals surface area contributed by atoms with Gasteiger partial charge in [0.25, 0.3) is 0 Å². The van der Waals surface area contributed by atoms with Gasteiger partial charge in [-0.2, -0.15) is 0 Å². The van der Waals surface area contributed by atoms with Gasteiger partial charge in [0, 0.05) is 30.0 Å². The van der Waals surface area contributed by atoms with Crippen molar-refractivity contribution in [3.05, 3.63) is 58.6 Å². The van der Waals surface area contributed by atoms with Crippen molar-refractivity contribution in [3.63, 3.8) is 0 Å². The maximum absolute atomic E-state index is 11.7. The first kappa shape index (κ1) is 15.2. The molecule has 0 atom stereocenters. The number of carbonyl (C=O) groups is 1. The minimum atomic E-state index is -0.436. The van der Waals surface area contributed by atoms with Crippen molar-refractivity contribution in [3.8, 4) is 0 Å². The summed E-state index contributed by atoms with van der Waals surface area (Å²) in [6.07, 6.45) is 0. The van der Waals surface area contributed by atoms with Crippen molar-refractivity contribution in [2.24, 2.45) is 0 Å². The van der Waals surface area contributed by atoms with E-state index in [9.17, 15) is 4.79 Å². The van der Waals surface area contributed by atoms with E-state index in [1.165, 1.54) is 7.11 Å². The van der Waals surface area contributed by atoms with Crippen molar-refractivity contribution in [1.82, 2.24) is 0 Å². The molecule has 0 amide bonds. The molecular weight excluding hydrogens is 288 g/mol. The molecule has 110 valence electrons. The van der Waals surface area contributed by atoms with Crippen LogP contribution in [0.15, 0.2) is 42.5 Å². The fraction of sp³-hybridized carbons (Fsp3) is 0.188. The van der Waals surface area contributed by atoms with Crippen LogP contribution in [-0.4, -0.2) is 20.1 Å². The van der Waals surface area contributed by atoms with E-state index in [2.05, 4.69) is 0 Å². The van der Waals surface area contributed by atoms with Crippen LogP contribution in [-0.2, 0) is 11.3 Å². The zero-order chi connectivity index (χ0) is 15.4. The lowest BCUT2D eigenvalue weighted by molar-refractivity contribution is 0.0602. The Kier molecular flexibility index (Phi) is 4.70. The van der Waals surface area contributed by atoms with Crippen LogP contribution in [0.25, 0.3) is 0 Å². The van der Waals surface area contributed by atoms with Crippen LogP contribution < -0.4 is 10.6 Å². The second-order valence-corrected chi connectivity index (χ2v) is 5.18. The summed E-state index contributed by atoms with van der Waals surface area (Å²) in [5.41, 5.74) is 8.59. The third-order valence-electron chi connectivity index (χ3n) is 3.22. The Bertz CT molecular complexity index is 641. The highest BCUT2D eigenvalue weighted by Gasteiger charge is 2.12. The molecule has 5 heteroatoms. The summed E-state index contributed by atoms with van der Waals surface area (Å²) in [7, 11) is 3.28. The molecule has 0 unspecified atom stereocenters. The molecule has 2 N–H and O–H groups in total. The van der Waals surface area contributed by atoms with Gasteiger partial charge in [0.2, 0.25) is 0 Å². The van der Waals surface area contributed by atoms with Gasteiger partial charge in [-0.1, -0.05) is 23.7 Å². The molecule has 0 saturated heterocycles. The average molecular weight is 305 g/mol. The molecule has 0 aliphatic carbocycles. The second kappa shape index (κ2) is 6.50. The van der Waals surface area contributed by atoms with Crippen molar-refractivity contribution in [2.75, 3.05) is 24.8 Å². The van der Waals surface area contributed by atoms with E-state index in [4.69, 9.17) is 22.1 Å². The van der Waals surface area contributed by atoms with Gasteiger partial charge in [-0.25, -0.2) is 4.79 Å². The topological polar surface area (TPSA) is 55.6 Å². The van der Waals surface area contributed by atoms with Crippen molar-refractivity contribution < 1.29 is 9.53 Å². The maximum Gasteiger partial charge on any atom is 0.340 e. The largest absolute Gasteiger partial charge is 0.465 e. The molecule has 0 heterocycles. The first-order chi connectivity index (χ1) is 10.0. The number of hydrogen-bond donors (Lipinski definition) is 1. The quantitative estimate of drug-likeness (QED) is 0.695. The third-order valence-corrected chi connectivity index (χ3v) is 3.47. The van der Waals surface area contributed by atoms with Crippen LogP contribution in [0.4, 0.5) is 11.4 Å². The fourth-order valence-electron chi connectivity index (χ4n) is 2.02. The van der Waals surface area contributed by atoms with E-state index < -0.39 is 5.97 Å². The molecule has 0 aliphatic rings. The van der Waals surface area contributed by atoms with Crippen LogP contribution >= 0.6 is 11.6 Å². The summed E-state index contributed by atoms with van der Waals surface area (Å²) in [6.45, 7) is 0.696. The fourth-order valence-corrected chi connectivity index (χ4v) is 2.15. The number of nitrogens with two attached hydrogens (primary N) is 1. The second-order valence-electron chi connectivity index (χ2n) is 4.75. The Balaban J connectivity index is 2.21. The Morgan fingerprint density at radius 3 is 2.52 bits per heavy atom. The Labute approximate surface area is 129 Å². The van der Waals surface area contributed by atoms with Crippen LogP contribution in [0.5, 0.6) is 0 Å². The molecule has 0 spiro atoms. The molecule has 2 aromatic rings. The smallest absolute Gasteiger partial charge is 0.340 e. The van der Waals surface area contributed by atoms with Gasteiger partial charge in [0.15, 0.2) is 0 Å². The van der Waals surface area contributed by atoms with Gasteiger partial charge < -0.3 is 15.4 Å². The zero-order valence-corrected chi connectivity index (χ0v) is 12.7. The zero-order valence-electron chi connectivity index (χ0n) is 12.0. The molecule has 21 heavy (non-hydrogen) atoms. The molecular formula is C16H17ClN2O2. The van der Waals surface area contributed by atoms with Crippen LogP contribution in [0.1, 0.15) is 15.9 Å². The van der Waals surface area contributed by atoms with Crippen LogP contribution in [0.2, 0.25) is 5.02 Å². The normalized spacial score (nSPS) is 10.2. The van der Waals surface area contributed by atoms with Crippen LogP contribution in [0.3, 0.4) is 0 Å². The highest BCUT2D eigenvalue weighted by atomic mass is 35.5. The molecule has 2 aromatic carbocycles. The highest BCUT2D eigenvalue weighted by Crippen LogP contribution is 2.23. The van der Waals surface area contributed by atoms with E-state index in [1.807, 2.05) is 42.3 Å². The highest BCUT2D eigenvalue weighted by molar-refractivity contribution is 6.30. The van der Waals surface area contributed by atoms with Crippen molar-refractivity contribution in [2.45, 2.75) is 6.54 Å². The number of methoxy groups -OCH3 is 1.